The number of carbonyl (C=O) groups is 2. The van der Waals surface area contributed by atoms with Crippen LogP contribution in [0.1, 0.15) is 24.8 Å². The molecular formula is C16H21FN2O3. The topological polar surface area (TPSA) is 78.4 Å². The fraction of sp³-hybridized carbons (Fsp3) is 0.500. The lowest BCUT2D eigenvalue weighted by molar-refractivity contribution is -0.125. The van der Waals surface area contributed by atoms with Gasteiger partial charge in [0, 0.05) is 12.5 Å². The summed E-state index contributed by atoms with van der Waals surface area (Å²) in [4.78, 5) is 23.3. The number of aliphatic hydroxyl groups excluding tert-OH is 1. The highest BCUT2D eigenvalue weighted by Gasteiger charge is 2.25. The van der Waals surface area contributed by atoms with Crippen molar-refractivity contribution in [1.82, 2.24) is 10.6 Å². The first-order valence-corrected chi connectivity index (χ1v) is 7.50. The van der Waals surface area contributed by atoms with Gasteiger partial charge in [-0.05, 0) is 30.5 Å². The van der Waals surface area contributed by atoms with Crippen molar-refractivity contribution in [1.29, 1.82) is 0 Å². The maximum absolute atomic E-state index is 13.0. The number of carbonyl (C=O) groups excluding carboxylic acids is 2. The second kappa shape index (κ2) is 7.89. The van der Waals surface area contributed by atoms with Crippen LogP contribution in [0.25, 0.3) is 0 Å². The fourth-order valence-electron chi connectivity index (χ4n) is 2.64. The van der Waals surface area contributed by atoms with Gasteiger partial charge in [0.2, 0.25) is 11.8 Å². The lowest BCUT2D eigenvalue weighted by Crippen LogP contribution is -2.40. The van der Waals surface area contributed by atoms with Crippen LogP contribution in [-0.2, 0) is 16.0 Å². The van der Waals surface area contributed by atoms with Crippen LogP contribution in [0.4, 0.5) is 4.39 Å². The van der Waals surface area contributed by atoms with Crippen LogP contribution in [0.2, 0.25) is 0 Å². The average molecular weight is 308 g/mol. The van der Waals surface area contributed by atoms with E-state index in [0.29, 0.717) is 12.1 Å². The molecule has 22 heavy (non-hydrogen) atoms. The van der Waals surface area contributed by atoms with Gasteiger partial charge in [0.05, 0.1) is 19.1 Å². The number of nitrogens with one attached hydrogen (secondary N) is 2. The second-order valence-electron chi connectivity index (χ2n) is 5.65. The van der Waals surface area contributed by atoms with Crippen molar-refractivity contribution in [3.63, 3.8) is 0 Å². The van der Waals surface area contributed by atoms with Gasteiger partial charge in [0.25, 0.3) is 0 Å². The van der Waals surface area contributed by atoms with E-state index >= 15 is 0 Å². The minimum absolute atomic E-state index is 0.0341. The summed E-state index contributed by atoms with van der Waals surface area (Å²) in [6.45, 7) is 0.316. The SMILES string of the molecule is O=C(CNC(=O)Cc1cccc(F)c1)NC[C@H]1CCC[C@@H]1O. The summed E-state index contributed by atoms with van der Waals surface area (Å²) in [7, 11) is 0. The maximum atomic E-state index is 13.0. The predicted molar refractivity (Wildman–Crippen MR) is 79.5 cm³/mol. The van der Waals surface area contributed by atoms with Crippen LogP contribution >= 0.6 is 0 Å². The fourth-order valence-corrected chi connectivity index (χ4v) is 2.64. The molecule has 1 aliphatic carbocycles. The zero-order valence-corrected chi connectivity index (χ0v) is 12.3. The molecule has 3 N–H and O–H groups in total. The number of hydrogen-bond acceptors (Lipinski definition) is 3. The monoisotopic (exact) mass is 308 g/mol. The van der Waals surface area contributed by atoms with E-state index in [0.717, 1.165) is 19.3 Å². The molecule has 2 atom stereocenters. The number of halogens is 1. The summed E-state index contributed by atoms with van der Waals surface area (Å²) in [6.07, 6.45) is 2.36. The van der Waals surface area contributed by atoms with Crippen LogP contribution in [0.5, 0.6) is 0 Å². The van der Waals surface area contributed by atoms with Crippen molar-refractivity contribution in [2.45, 2.75) is 31.8 Å². The molecular weight excluding hydrogens is 287 g/mol. The van der Waals surface area contributed by atoms with Gasteiger partial charge in [-0.15, -0.1) is 0 Å². The molecule has 1 aliphatic rings. The Morgan fingerprint density at radius 2 is 2.05 bits per heavy atom. The molecule has 1 fully saturated rings. The largest absolute Gasteiger partial charge is 0.393 e. The van der Waals surface area contributed by atoms with Crippen molar-refractivity contribution < 1.29 is 19.1 Å². The van der Waals surface area contributed by atoms with Crippen molar-refractivity contribution in [3.8, 4) is 0 Å². The lowest BCUT2D eigenvalue weighted by atomic mass is 10.1. The highest BCUT2D eigenvalue weighted by atomic mass is 19.1. The van der Waals surface area contributed by atoms with Gasteiger partial charge in [0.15, 0.2) is 0 Å². The van der Waals surface area contributed by atoms with E-state index in [9.17, 15) is 19.1 Å². The van der Waals surface area contributed by atoms with Crippen LogP contribution in [0.15, 0.2) is 24.3 Å². The van der Waals surface area contributed by atoms with Crippen LogP contribution in [0, 0.1) is 11.7 Å². The molecule has 1 saturated carbocycles. The molecule has 2 amide bonds. The Morgan fingerprint density at radius 3 is 2.73 bits per heavy atom. The molecule has 0 spiro atoms. The maximum Gasteiger partial charge on any atom is 0.239 e. The zero-order valence-electron chi connectivity index (χ0n) is 12.3. The van der Waals surface area contributed by atoms with Crippen molar-refractivity contribution in [2.24, 2.45) is 5.92 Å². The quantitative estimate of drug-likeness (QED) is 0.726. The van der Waals surface area contributed by atoms with Gasteiger partial charge in [-0.3, -0.25) is 9.59 Å². The third-order valence-electron chi connectivity index (χ3n) is 3.88. The number of hydrogen-bond donors (Lipinski definition) is 3. The highest BCUT2D eigenvalue weighted by molar-refractivity contribution is 5.85. The summed E-state index contributed by atoms with van der Waals surface area (Å²) >= 11 is 0. The molecule has 2 rings (SSSR count). The molecule has 120 valence electrons. The Kier molecular flexibility index (Phi) is 5.89. The van der Waals surface area contributed by atoms with E-state index in [-0.39, 0.29) is 36.8 Å². The summed E-state index contributed by atoms with van der Waals surface area (Å²) in [5, 5.41) is 14.9. The van der Waals surface area contributed by atoms with Crippen molar-refractivity contribution >= 4 is 11.8 Å². The molecule has 0 radical (unpaired) electrons. The van der Waals surface area contributed by atoms with Gasteiger partial charge in [0.1, 0.15) is 5.82 Å². The Morgan fingerprint density at radius 1 is 1.23 bits per heavy atom. The van der Waals surface area contributed by atoms with Crippen molar-refractivity contribution in [2.75, 3.05) is 13.1 Å². The number of amides is 2. The molecule has 0 saturated heterocycles. The normalized spacial score (nSPS) is 20.6. The summed E-state index contributed by atoms with van der Waals surface area (Å²) in [5.74, 6) is -0.904. The van der Waals surface area contributed by atoms with Gasteiger partial charge < -0.3 is 15.7 Å². The molecule has 0 unspecified atom stereocenters. The molecule has 0 aromatic heterocycles. The number of aliphatic hydroxyl groups is 1. The zero-order chi connectivity index (χ0) is 15.9. The molecule has 0 heterocycles. The predicted octanol–water partition coefficient (Wildman–Crippen LogP) is 0.762. The molecule has 6 heteroatoms. The smallest absolute Gasteiger partial charge is 0.239 e. The van der Waals surface area contributed by atoms with E-state index in [1.807, 2.05) is 0 Å². The highest BCUT2D eigenvalue weighted by Crippen LogP contribution is 2.24. The first-order chi connectivity index (χ1) is 10.5. The first-order valence-electron chi connectivity index (χ1n) is 7.50. The molecule has 0 aliphatic heterocycles. The van der Waals surface area contributed by atoms with Gasteiger partial charge in [-0.25, -0.2) is 4.39 Å². The Balaban J connectivity index is 1.66. The number of rotatable bonds is 6. The Hall–Kier alpha value is -1.95. The summed E-state index contributed by atoms with van der Waals surface area (Å²) in [5.41, 5.74) is 0.562. The molecule has 1 aromatic rings. The van der Waals surface area contributed by atoms with Crippen LogP contribution in [0.3, 0.4) is 0 Å². The van der Waals surface area contributed by atoms with Crippen LogP contribution < -0.4 is 10.6 Å². The standard InChI is InChI=1S/C16H21FN2O3/c17-13-5-1-3-11(7-13)8-15(21)19-10-16(22)18-9-12-4-2-6-14(12)20/h1,3,5,7,12,14,20H,2,4,6,8-10H2,(H,18,22)(H,19,21)/t12-,14+/m1/s1. The van der Waals surface area contributed by atoms with E-state index < -0.39 is 5.82 Å². The second-order valence-corrected chi connectivity index (χ2v) is 5.65. The first kappa shape index (κ1) is 16.4. The molecule has 1 aromatic carbocycles. The minimum atomic E-state index is -0.391. The van der Waals surface area contributed by atoms with Crippen LogP contribution in [-0.4, -0.2) is 36.1 Å². The molecule has 5 nitrogen and oxygen atoms in total. The third kappa shape index (κ3) is 5.11. The van der Waals surface area contributed by atoms with E-state index in [1.165, 1.54) is 18.2 Å². The van der Waals surface area contributed by atoms with Crippen molar-refractivity contribution in [3.05, 3.63) is 35.6 Å². The average Bonchev–Trinajstić information content (AvgIpc) is 2.88. The van der Waals surface area contributed by atoms with Gasteiger partial charge in [-0.2, -0.15) is 0 Å². The summed E-state index contributed by atoms with van der Waals surface area (Å²) in [6, 6.07) is 5.80. The van der Waals surface area contributed by atoms with Gasteiger partial charge >= 0.3 is 0 Å². The van der Waals surface area contributed by atoms with E-state index in [1.54, 1.807) is 6.07 Å². The Bertz CT molecular complexity index is 536. The van der Waals surface area contributed by atoms with E-state index in [2.05, 4.69) is 10.6 Å². The summed E-state index contributed by atoms with van der Waals surface area (Å²) < 4.78 is 13.0. The lowest BCUT2D eigenvalue weighted by Gasteiger charge is -2.15. The molecule has 0 bridgehead atoms. The third-order valence-corrected chi connectivity index (χ3v) is 3.88. The van der Waals surface area contributed by atoms with Gasteiger partial charge in [-0.1, -0.05) is 18.6 Å². The van der Waals surface area contributed by atoms with E-state index in [4.69, 9.17) is 0 Å². The number of benzene rings is 1. The minimum Gasteiger partial charge on any atom is -0.393 e. The Labute approximate surface area is 128 Å².